The molecule has 0 aliphatic carbocycles. The molecule has 1 atom stereocenters. The van der Waals surface area contributed by atoms with E-state index >= 15 is 0 Å². The molecule has 1 N–H and O–H groups in total. The second kappa shape index (κ2) is 3.73. The highest BCUT2D eigenvalue weighted by molar-refractivity contribution is 5.74. The zero-order chi connectivity index (χ0) is 11.8. The lowest BCUT2D eigenvalue weighted by Gasteiger charge is -2.08. The molecule has 0 amide bonds. The van der Waals surface area contributed by atoms with Gasteiger partial charge in [0.25, 0.3) is 6.17 Å². The summed E-state index contributed by atoms with van der Waals surface area (Å²) in [6.45, 7) is 0. The third kappa shape index (κ3) is 1.98. The van der Waals surface area contributed by atoms with Crippen molar-refractivity contribution in [1.29, 1.82) is 0 Å². The number of halogens is 4. The minimum absolute atomic E-state index is 0.479. The summed E-state index contributed by atoms with van der Waals surface area (Å²) >= 11 is 0. The molecule has 0 aliphatic heterocycles. The minimum Gasteiger partial charge on any atom is -0.225 e. The highest BCUT2D eigenvalue weighted by Crippen LogP contribution is 2.34. The number of alkyl halides is 4. The monoisotopic (exact) mass is 230 g/mol. The van der Waals surface area contributed by atoms with E-state index in [2.05, 4.69) is 4.98 Å². The summed E-state index contributed by atoms with van der Waals surface area (Å²) in [6, 6.07) is 9.33. The lowest BCUT2D eigenvalue weighted by Crippen LogP contribution is -2.24. The maximum Gasteiger partial charge on any atom is 0.429 e. The van der Waals surface area contributed by atoms with Crippen molar-refractivity contribution in [3.8, 4) is 0 Å². The topological polar surface area (TPSA) is 14.1 Å². The Morgan fingerprint density at radius 1 is 1.00 bits per heavy atom. The molecule has 1 aromatic carbocycles. The molecule has 0 saturated carbocycles. The lowest BCUT2D eigenvalue weighted by atomic mass is 10.1. The first-order chi connectivity index (χ1) is 7.48. The number of hydrogen-bond donors (Lipinski definition) is 0. The number of aromatic amines is 1. The number of aromatic nitrogens is 1. The SMILES string of the molecule is FC(c1ccc2ccccc2[nH+]1)C(F)(F)F. The van der Waals surface area contributed by atoms with Crippen LogP contribution in [0.3, 0.4) is 0 Å². The van der Waals surface area contributed by atoms with Crippen LogP contribution in [0.5, 0.6) is 0 Å². The Balaban J connectivity index is 2.47. The molecular weight excluding hydrogens is 222 g/mol. The van der Waals surface area contributed by atoms with Crippen molar-refractivity contribution in [3.05, 3.63) is 42.1 Å². The Labute approximate surface area is 88.7 Å². The molecule has 0 saturated heterocycles. The van der Waals surface area contributed by atoms with Crippen molar-refractivity contribution in [1.82, 2.24) is 0 Å². The summed E-state index contributed by atoms with van der Waals surface area (Å²) in [7, 11) is 0. The van der Waals surface area contributed by atoms with Crippen LogP contribution in [0, 0.1) is 0 Å². The second-order valence-electron chi connectivity index (χ2n) is 3.41. The van der Waals surface area contributed by atoms with Crippen LogP contribution in [-0.2, 0) is 0 Å². The Hall–Kier alpha value is -1.65. The Morgan fingerprint density at radius 3 is 2.38 bits per heavy atom. The van der Waals surface area contributed by atoms with Gasteiger partial charge in [0.1, 0.15) is 0 Å². The maximum atomic E-state index is 13.0. The molecule has 16 heavy (non-hydrogen) atoms. The van der Waals surface area contributed by atoms with E-state index in [1.807, 2.05) is 0 Å². The highest BCUT2D eigenvalue weighted by atomic mass is 19.4. The number of rotatable bonds is 1. The van der Waals surface area contributed by atoms with E-state index in [1.165, 1.54) is 6.07 Å². The molecule has 2 rings (SSSR count). The van der Waals surface area contributed by atoms with E-state index in [9.17, 15) is 17.6 Å². The van der Waals surface area contributed by atoms with Crippen molar-refractivity contribution in [2.24, 2.45) is 0 Å². The number of benzene rings is 1. The van der Waals surface area contributed by atoms with Crippen LogP contribution in [0.25, 0.3) is 10.9 Å². The summed E-state index contributed by atoms with van der Waals surface area (Å²) in [5.74, 6) is 0. The van der Waals surface area contributed by atoms with Gasteiger partial charge in [0, 0.05) is 17.5 Å². The van der Waals surface area contributed by atoms with Crippen LogP contribution in [-0.4, -0.2) is 6.18 Å². The molecule has 0 spiro atoms. The van der Waals surface area contributed by atoms with Gasteiger partial charge < -0.3 is 0 Å². The second-order valence-corrected chi connectivity index (χ2v) is 3.41. The summed E-state index contributed by atoms with van der Waals surface area (Å²) in [5.41, 5.74) is -0.00176. The predicted molar refractivity (Wildman–Crippen MR) is 50.4 cm³/mol. The van der Waals surface area contributed by atoms with Gasteiger partial charge in [-0.25, -0.2) is 9.37 Å². The van der Waals surface area contributed by atoms with Gasteiger partial charge in [0.15, 0.2) is 0 Å². The van der Waals surface area contributed by atoms with Gasteiger partial charge in [-0.05, 0) is 12.1 Å². The molecule has 2 aromatic rings. The average molecular weight is 230 g/mol. The van der Waals surface area contributed by atoms with Crippen LogP contribution < -0.4 is 4.98 Å². The standard InChI is InChI=1S/C11H7F4N/c12-10(11(13,14)15)9-6-5-7-3-1-2-4-8(7)16-9/h1-6,10H/p+1. The molecule has 84 valence electrons. The van der Waals surface area contributed by atoms with Gasteiger partial charge in [0.05, 0.1) is 0 Å². The number of para-hydroxylation sites is 1. The fourth-order valence-corrected chi connectivity index (χ4v) is 1.46. The van der Waals surface area contributed by atoms with E-state index in [-0.39, 0.29) is 0 Å². The summed E-state index contributed by atoms with van der Waals surface area (Å²) in [4.78, 5) is 2.44. The van der Waals surface area contributed by atoms with Gasteiger partial charge in [0.2, 0.25) is 11.2 Å². The van der Waals surface area contributed by atoms with Crippen molar-refractivity contribution in [2.45, 2.75) is 12.3 Å². The Bertz CT molecular complexity index is 507. The lowest BCUT2D eigenvalue weighted by molar-refractivity contribution is -0.377. The van der Waals surface area contributed by atoms with Crippen molar-refractivity contribution < 1.29 is 22.5 Å². The smallest absolute Gasteiger partial charge is 0.225 e. The molecular formula is C11H8F4N+. The third-order valence-electron chi connectivity index (χ3n) is 2.24. The number of H-pyrrole nitrogens is 1. The fourth-order valence-electron chi connectivity index (χ4n) is 1.46. The van der Waals surface area contributed by atoms with E-state index < -0.39 is 18.0 Å². The largest absolute Gasteiger partial charge is 0.429 e. The number of pyridine rings is 1. The average Bonchev–Trinajstić information content (AvgIpc) is 2.26. The fraction of sp³-hybridized carbons (Fsp3) is 0.182. The van der Waals surface area contributed by atoms with Gasteiger partial charge in [-0.2, -0.15) is 13.2 Å². The first-order valence-corrected chi connectivity index (χ1v) is 4.60. The molecule has 1 aromatic heterocycles. The van der Waals surface area contributed by atoms with Gasteiger partial charge in [-0.1, -0.05) is 12.1 Å². The Kier molecular flexibility index (Phi) is 2.53. The van der Waals surface area contributed by atoms with Crippen molar-refractivity contribution in [2.75, 3.05) is 0 Å². The molecule has 1 heterocycles. The molecule has 0 bridgehead atoms. The molecule has 1 nitrogen and oxygen atoms in total. The quantitative estimate of drug-likeness (QED) is 0.668. The van der Waals surface area contributed by atoms with Crippen LogP contribution in [0.1, 0.15) is 11.9 Å². The Morgan fingerprint density at radius 2 is 1.69 bits per heavy atom. The zero-order valence-electron chi connectivity index (χ0n) is 8.05. The van der Waals surface area contributed by atoms with Gasteiger partial charge in [-0.15, -0.1) is 0 Å². The van der Waals surface area contributed by atoms with Gasteiger partial charge in [-0.3, -0.25) is 0 Å². The molecule has 0 radical (unpaired) electrons. The third-order valence-corrected chi connectivity index (χ3v) is 2.24. The molecule has 1 unspecified atom stereocenters. The number of hydrogen-bond acceptors (Lipinski definition) is 0. The van der Waals surface area contributed by atoms with E-state index in [1.54, 1.807) is 24.3 Å². The van der Waals surface area contributed by atoms with Gasteiger partial charge >= 0.3 is 6.18 Å². The summed E-state index contributed by atoms with van der Waals surface area (Å²) in [5, 5.41) is 0.737. The summed E-state index contributed by atoms with van der Waals surface area (Å²) < 4.78 is 49.4. The number of nitrogens with one attached hydrogen (secondary N) is 1. The van der Waals surface area contributed by atoms with Crippen molar-refractivity contribution in [3.63, 3.8) is 0 Å². The molecule has 0 fully saturated rings. The highest BCUT2D eigenvalue weighted by Gasteiger charge is 2.45. The molecule has 0 aliphatic rings. The molecule has 5 heteroatoms. The van der Waals surface area contributed by atoms with Crippen LogP contribution in [0.2, 0.25) is 0 Å². The van der Waals surface area contributed by atoms with E-state index in [4.69, 9.17) is 0 Å². The predicted octanol–water partition coefficient (Wildman–Crippen LogP) is 3.23. The van der Waals surface area contributed by atoms with E-state index in [0.29, 0.717) is 5.52 Å². The van der Waals surface area contributed by atoms with Crippen molar-refractivity contribution >= 4 is 10.9 Å². The summed E-state index contributed by atoms with van der Waals surface area (Å²) in [6.07, 6.45) is -7.85. The van der Waals surface area contributed by atoms with E-state index in [0.717, 1.165) is 11.5 Å². The number of fused-ring (bicyclic) bond motifs is 1. The van der Waals surface area contributed by atoms with Crippen LogP contribution in [0.15, 0.2) is 36.4 Å². The normalized spacial score (nSPS) is 14.0. The van der Waals surface area contributed by atoms with Crippen LogP contribution in [0.4, 0.5) is 17.6 Å². The van der Waals surface area contributed by atoms with Crippen LogP contribution >= 0.6 is 0 Å². The maximum absolute atomic E-state index is 13.0. The first-order valence-electron chi connectivity index (χ1n) is 4.60. The minimum atomic E-state index is -4.88. The first kappa shape index (κ1) is 10.9. The zero-order valence-corrected chi connectivity index (χ0v) is 8.05.